The van der Waals surface area contributed by atoms with Crippen molar-refractivity contribution in [1.82, 2.24) is 14.3 Å². The van der Waals surface area contributed by atoms with E-state index in [4.69, 9.17) is 14.5 Å². The standard InChI is InChI=1S/C26H27N5O2/c1-18-15-25(31-23-6-4-3-5-22(23)29-26(31)21(18)16-27)28-17-24(30-11-13-33-14-12-30)19-7-9-20(32-2)10-8-19/h3-10,15,24,28H,11-14,17H2,1-2H3. The average Bonchev–Trinajstić information content (AvgIpc) is 3.24. The Morgan fingerprint density at radius 3 is 2.64 bits per heavy atom. The van der Waals surface area contributed by atoms with E-state index in [1.807, 2.05) is 49.4 Å². The van der Waals surface area contributed by atoms with Crippen molar-refractivity contribution in [3.8, 4) is 11.8 Å². The molecule has 0 saturated carbocycles. The number of benzene rings is 2. The molecule has 33 heavy (non-hydrogen) atoms. The van der Waals surface area contributed by atoms with Crippen LogP contribution in [0, 0.1) is 18.3 Å². The van der Waals surface area contributed by atoms with Gasteiger partial charge in [-0.1, -0.05) is 24.3 Å². The number of anilines is 1. The van der Waals surface area contributed by atoms with Crippen LogP contribution in [0.2, 0.25) is 0 Å². The molecule has 3 heterocycles. The normalized spacial score (nSPS) is 15.4. The number of fused-ring (bicyclic) bond motifs is 3. The molecule has 2 aromatic carbocycles. The van der Waals surface area contributed by atoms with Gasteiger partial charge in [0, 0.05) is 19.6 Å². The van der Waals surface area contributed by atoms with E-state index in [9.17, 15) is 5.26 Å². The number of hydrogen-bond acceptors (Lipinski definition) is 6. The first-order valence-electron chi connectivity index (χ1n) is 11.2. The SMILES string of the molecule is COc1ccc(C(CNc2cc(C)c(C#N)c3nc4ccccc4n23)N2CCOCC2)cc1. The summed E-state index contributed by atoms with van der Waals surface area (Å²) in [6, 6.07) is 20.8. The van der Waals surface area contributed by atoms with Crippen LogP contribution < -0.4 is 10.1 Å². The lowest BCUT2D eigenvalue weighted by atomic mass is 10.0. The molecular formula is C26H27N5O2. The Hall–Kier alpha value is -3.60. The molecule has 0 amide bonds. The van der Waals surface area contributed by atoms with Crippen LogP contribution in [0.4, 0.5) is 5.82 Å². The fraction of sp³-hybridized carbons (Fsp3) is 0.308. The number of morpholine rings is 1. The summed E-state index contributed by atoms with van der Waals surface area (Å²) in [5, 5.41) is 13.4. The van der Waals surface area contributed by atoms with Crippen LogP contribution in [0.3, 0.4) is 0 Å². The molecule has 1 unspecified atom stereocenters. The van der Waals surface area contributed by atoms with Crippen molar-refractivity contribution in [2.24, 2.45) is 0 Å². The minimum atomic E-state index is 0.167. The second-order valence-corrected chi connectivity index (χ2v) is 8.28. The summed E-state index contributed by atoms with van der Waals surface area (Å²) in [5.41, 5.74) is 5.30. The number of nitrogens with zero attached hydrogens (tertiary/aromatic N) is 4. The first kappa shape index (κ1) is 21.3. The Balaban J connectivity index is 1.53. The monoisotopic (exact) mass is 441 g/mol. The zero-order valence-corrected chi connectivity index (χ0v) is 18.9. The molecule has 4 aromatic rings. The van der Waals surface area contributed by atoms with E-state index < -0.39 is 0 Å². The van der Waals surface area contributed by atoms with Crippen LogP contribution in [0.25, 0.3) is 16.7 Å². The van der Waals surface area contributed by atoms with Gasteiger partial charge in [-0.15, -0.1) is 0 Å². The summed E-state index contributed by atoms with van der Waals surface area (Å²) in [5.74, 6) is 1.78. The molecule has 168 valence electrons. The lowest BCUT2D eigenvalue weighted by molar-refractivity contribution is 0.0187. The number of nitrogens with one attached hydrogen (secondary N) is 1. The van der Waals surface area contributed by atoms with Crippen LogP contribution in [0.5, 0.6) is 5.75 Å². The predicted molar refractivity (Wildman–Crippen MR) is 129 cm³/mol. The molecule has 0 radical (unpaired) electrons. The van der Waals surface area contributed by atoms with Gasteiger partial charge in [-0.05, 0) is 48.4 Å². The molecule has 1 fully saturated rings. The fourth-order valence-electron chi connectivity index (χ4n) is 4.60. The van der Waals surface area contributed by atoms with Gasteiger partial charge in [-0.25, -0.2) is 4.98 Å². The summed E-state index contributed by atoms with van der Waals surface area (Å²) in [7, 11) is 1.68. The van der Waals surface area contributed by atoms with Gasteiger partial charge >= 0.3 is 0 Å². The van der Waals surface area contributed by atoms with E-state index in [1.54, 1.807) is 7.11 Å². The maximum absolute atomic E-state index is 9.76. The van der Waals surface area contributed by atoms with E-state index in [0.717, 1.165) is 54.5 Å². The van der Waals surface area contributed by atoms with Crippen molar-refractivity contribution in [3.63, 3.8) is 0 Å². The highest BCUT2D eigenvalue weighted by Crippen LogP contribution is 2.29. The zero-order valence-electron chi connectivity index (χ0n) is 18.9. The molecule has 1 N–H and O–H groups in total. The van der Waals surface area contributed by atoms with Gasteiger partial charge in [0.2, 0.25) is 0 Å². The van der Waals surface area contributed by atoms with E-state index in [2.05, 4.69) is 32.8 Å². The molecule has 1 aliphatic heterocycles. The molecule has 1 aliphatic rings. The second-order valence-electron chi connectivity index (χ2n) is 8.28. The Labute approximate surface area is 193 Å². The molecule has 1 atom stereocenters. The van der Waals surface area contributed by atoms with Gasteiger partial charge in [0.05, 0.1) is 43.0 Å². The number of ether oxygens (including phenoxy) is 2. The Kier molecular flexibility index (Phi) is 5.86. The Morgan fingerprint density at radius 2 is 1.91 bits per heavy atom. The Morgan fingerprint density at radius 1 is 1.15 bits per heavy atom. The molecular weight excluding hydrogens is 414 g/mol. The van der Waals surface area contributed by atoms with Crippen LogP contribution in [-0.2, 0) is 4.74 Å². The van der Waals surface area contributed by atoms with Gasteiger partial charge in [0.15, 0.2) is 5.65 Å². The quantitative estimate of drug-likeness (QED) is 0.484. The number of methoxy groups -OCH3 is 1. The molecule has 5 rings (SSSR count). The minimum absolute atomic E-state index is 0.167. The van der Waals surface area contributed by atoms with Gasteiger partial charge in [-0.3, -0.25) is 9.30 Å². The first-order chi connectivity index (χ1) is 16.2. The van der Waals surface area contributed by atoms with E-state index in [1.165, 1.54) is 5.56 Å². The van der Waals surface area contributed by atoms with Crippen molar-refractivity contribution < 1.29 is 9.47 Å². The number of aryl methyl sites for hydroxylation is 1. The van der Waals surface area contributed by atoms with Gasteiger partial charge in [0.25, 0.3) is 0 Å². The number of aromatic nitrogens is 2. The maximum atomic E-state index is 9.76. The number of pyridine rings is 1. The van der Waals surface area contributed by atoms with Gasteiger partial charge < -0.3 is 14.8 Å². The summed E-state index contributed by atoms with van der Waals surface area (Å²) < 4.78 is 13.0. The minimum Gasteiger partial charge on any atom is -0.497 e. The molecule has 2 aromatic heterocycles. The molecule has 0 aliphatic carbocycles. The number of nitriles is 1. The summed E-state index contributed by atoms with van der Waals surface area (Å²) in [4.78, 5) is 7.22. The van der Waals surface area contributed by atoms with Crippen molar-refractivity contribution in [2.45, 2.75) is 13.0 Å². The molecule has 7 nitrogen and oxygen atoms in total. The lowest BCUT2D eigenvalue weighted by Gasteiger charge is -2.35. The number of hydrogen-bond donors (Lipinski definition) is 1. The van der Waals surface area contributed by atoms with Crippen LogP contribution >= 0.6 is 0 Å². The lowest BCUT2D eigenvalue weighted by Crippen LogP contribution is -2.41. The number of para-hydroxylation sites is 2. The van der Waals surface area contributed by atoms with Gasteiger partial charge in [0.1, 0.15) is 17.6 Å². The second kappa shape index (κ2) is 9.10. The molecule has 0 bridgehead atoms. The average molecular weight is 442 g/mol. The molecule has 0 spiro atoms. The van der Waals surface area contributed by atoms with E-state index >= 15 is 0 Å². The largest absolute Gasteiger partial charge is 0.497 e. The van der Waals surface area contributed by atoms with Crippen LogP contribution in [-0.4, -0.2) is 54.2 Å². The van der Waals surface area contributed by atoms with Crippen molar-refractivity contribution >= 4 is 22.5 Å². The fourth-order valence-corrected chi connectivity index (χ4v) is 4.60. The maximum Gasteiger partial charge on any atom is 0.157 e. The smallest absolute Gasteiger partial charge is 0.157 e. The third-order valence-corrected chi connectivity index (χ3v) is 6.35. The topological polar surface area (TPSA) is 74.8 Å². The molecule has 1 saturated heterocycles. The third-order valence-electron chi connectivity index (χ3n) is 6.35. The van der Waals surface area contributed by atoms with E-state index in [-0.39, 0.29) is 6.04 Å². The highest BCUT2D eigenvalue weighted by molar-refractivity contribution is 5.85. The zero-order chi connectivity index (χ0) is 22.8. The summed E-state index contributed by atoms with van der Waals surface area (Å²) in [6.07, 6.45) is 0. The van der Waals surface area contributed by atoms with Gasteiger partial charge in [-0.2, -0.15) is 5.26 Å². The highest BCUT2D eigenvalue weighted by atomic mass is 16.5. The Bertz CT molecular complexity index is 1320. The molecule has 7 heteroatoms. The van der Waals surface area contributed by atoms with Crippen molar-refractivity contribution in [2.75, 3.05) is 45.3 Å². The third kappa shape index (κ3) is 3.99. The highest BCUT2D eigenvalue weighted by Gasteiger charge is 2.23. The number of rotatable bonds is 6. The summed E-state index contributed by atoms with van der Waals surface area (Å²) >= 11 is 0. The van der Waals surface area contributed by atoms with E-state index in [0.29, 0.717) is 17.8 Å². The van der Waals surface area contributed by atoms with Crippen LogP contribution in [0.15, 0.2) is 54.6 Å². The number of imidazole rings is 1. The first-order valence-corrected chi connectivity index (χ1v) is 11.2. The summed E-state index contributed by atoms with van der Waals surface area (Å²) in [6.45, 7) is 5.91. The van der Waals surface area contributed by atoms with Crippen molar-refractivity contribution in [3.05, 3.63) is 71.3 Å². The predicted octanol–water partition coefficient (Wildman–Crippen LogP) is 4.16. The van der Waals surface area contributed by atoms with Crippen molar-refractivity contribution in [1.29, 1.82) is 5.26 Å². The van der Waals surface area contributed by atoms with Crippen LogP contribution in [0.1, 0.15) is 22.7 Å².